The summed E-state index contributed by atoms with van der Waals surface area (Å²) in [6.45, 7) is -0.0107. The van der Waals surface area contributed by atoms with E-state index in [0.717, 1.165) is 0 Å². The van der Waals surface area contributed by atoms with E-state index in [4.69, 9.17) is 11.6 Å². The lowest BCUT2D eigenvalue weighted by molar-refractivity contribution is 0.112. The smallest absolute Gasteiger partial charge is 0.152 e. The second-order valence-electron chi connectivity index (χ2n) is 4.69. The summed E-state index contributed by atoms with van der Waals surface area (Å²) in [6.07, 6.45) is 2.28. The third kappa shape index (κ3) is 2.43. The van der Waals surface area contributed by atoms with Crippen LogP contribution in [0.15, 0.2) is 42.6 Å². The molecule has 0 aliphatic carbocycles. The molecule has 0 spiro atoms. The summed E-state index contributed by atoms with van der Waals surface area (Å²) < 4.78 is 29.1. The Morgan fingerprint density at radius 1 is 1.14 bits per heavy atom. The van der Waals surface area contributed by atoms with Crippen LogP contribution < -0.4 is 0 Å². The van der Waals surface area contributed by atoms with Gasteiger partial charge in [-0.15, -0.1) is 0 Å². The van der Waals surface area contributed by atoms with Crippen LogP contribution in [0.1, 0.15) is 15.9 Å². The van der Waals surface area contributed by atoms with Crippen LogP contribution in [0.25, 0.3) is 10.9 Å². The van der Waals surface area contributed by atoms with Crippen LogP contribution in [0.4, 0.5) is 8.78 Å². The fourth-order valence-electron chi connectivity index (χ4n) is 2.37. The lowest BCUT2D eigenvalue weighted by Crippen LogP contribution is -2.03. The minimum Gasteiger partial charge on any atom is -0.342 e. The lowest BCUT2D eigenvalue weighted by Gasteiger charge is -2.08. The average Bonchev–Trinajstić information content (AvgIpc) is 2.80. The van der Waals surface area contributed by atoms with Crippen LogP contribution in [-0.4, -0.2) is 10.9 Å². The maximum atomic E-state index is 13.8. The second kappa shape index (κ2) is 5.30. The first kappa shape index (κ1) is 13.8. The van der Waals surface area contributed by atoms with Gasteiger partial charge in [0.05, 0.1) is 12.1 Å². The molecule has 2 aromatic carbocycles. The molecule has 21 heavy (non-hydrogen) atoms. The number of aromatic nitrogens is 1. The molecule has 1 heterocycles. The molecule has 0 N–H and O–H groups in total. The van der Waals surface area contributed by atoms with Crippen molar-refractivity contribution in [1.82, 2.24) is 4.57 Å². The minimum atomic E-state index is -0.619. The Kier molecular flexibility index (Phi) is 3.47. The van der Waals surface area contributed by atoms with Gasteiger partial charge in [0.1, 0.15) is 11.6 Å². The van der Waals surface area contributed by atoms with Gasteiger partial charge in [0.15, 0.2) is 6.29 Å². The van der Waals surface area contributed by atoms with Gasteiger partial charge in [-0.3, -0.25) is 4.79 Å². The van der Waals surface area contributed by atoms with Gasteiger partial charge in [0, 0.05) is 27.7 Å². The van der Waals surface area contributed by atoms with Crippen LogP contribution >= 0.6 is 11.6 Å². The number of hydrogen-bond donors (Lipinski definition) is 0. The third-order valence-electron chi connectivity index (χ3n) is 3.39. The van der Waals surface area contributed by atoms with Crippen LogP contribution in [-0.2, 0) is 6.54 Å². The van der Waals surface area contributed by atoms with Crippen molar-refractivity contribution in [3.8, 4) is 0 Å². The van der Waals surface area contributed by atoms with Gasteiger partial charge in [-0.1, -0.05) is 23.7 Å². The maximum Gasteiger partial charge on any atom is 0.152 e. The van der Waals surface area contributed by atoms with Gasteiger partial charge >= 0.3 is 0 Å². The molecule has 1 aromatic heterocycles. The van der Waals surface area contributed by atoms with E-state index in [1.54, 1.807) is 29.0 Å². The fraction of sp³-hybridized carbons (Fsp3) is 0.0625. The topological polar surface area (TPSA) is 22.0 Å². The molecule has 5 heteroatoms. The van der Waals surface area contributed by atoms with Gasteiger partial charge in [-0.2, -0.15) is 0 Å². The van der Waals surface area contributed by atoms with Crippen molar-refractivity contribution in [1.29, 1.82) is 0 Å². The number of carbonyl (C=O) groups is 1. The van der Waals surface area contributed by atoms with E-state index in [0.29, 0.717) is 27.8 Å². The lowest BCUT2D eigenvalue weighted by atomic mass is 10.2. The van der Waals surface area contributed by atoms with Gasteiger partial charge in [-0.25, -0.2) is 8.78 Å². The molecule has 0 aliphatic heterocycles. The summed E-state index contributed by atoms with van der Waals surface area (Å²) in [7, 11) is 0. The zero-order chi connectivity index (χ0) is 15.0. The average molecular weight is 306 g/mol. The minimum absolute atomic E-state index is 0.0107. The Morgan fingerprint density at radius 3 is 2.52 bits per heavy atom. The summed E-state index contributed by atoms with van der Waals surface area (Å²) in [5, 5.41) is 1.19. The van der Waals surface area contributed by atoms with E-state index < -0.39 is 11.6 Å². The van der Waals surface area contributed by atoms with Crippen molar-refractivity contribution < 1.29 is 13.6 Å². The zero-order valence-corrected chi connectivity index (χ0v) is 11.6. The first-order chi connectivity index (χ1) is 10.1. The van der Waals surface area contributed by atoms with Crippen molar-refractivity contribution in [3.63, 3.8) is 0 Å². The molecular formula is C16H10ClF2NO. The molecule has 0 saturated heterocycles. The third-order valence-corrected chi connectivity index (χ3v) is 3.63. The number of hydrogen-bond acceptors (Lipinski definition) is 1. The first-order valence-electron chi connectivity index (χ1n) is 6.26. The van der Waals surface area contributed by atoms with E-state index in [1.807, 2.05) is 0 Å². The van der Waals surface area contributed by atoms with E-state index in [1.165, 1.54) is 18.2 Å². The van der Waals surface area contributed by atoms with E-state index >= 15 is 0 Å². The van der Waals surface area contributed by atoms with Crippen LogP contribution in [0.2, 0.25) is 5.02 Å². The Morgan fingerprint density at radius 2 is 1.86 bits per heavy atom. The number of aldehydes is 1. The Bertz CT molecular complexity index is 821. The highest BCUT2D eigenvalue weighted by atomic mass is 35.5. The fourth-order valence-corrected chi connectivity index (χ4v) is 2.54. The Balaban J connectivity index is 2.17. The summed E-state index contributed by atoms with van der Waals surface area (Å²) in [5.41, 5.74) is 1.07. The quantitative estimate of drug-likeness (QED) is 0.656. The predicted molar refractivity (Wildman–Crippen MR) is 77.8 cm³/mol. The molecule has 0 aliphatic rings. The Labute approximate surface area is 124 Å². The number of halogens is 3. The molecule has 0 bridgehead atoms. The SMILES string of the molecule is O=Cc1cn(Cc2c(F)cccc2F)c2cc(Cl)ccc12. The van der Waals surface area contributed by atoms with Crippen LogP contribution in [0, 0.1) is 11.6 Å². The van der Waals surface area contributed by atoms with Crippen molar-refractivity contribution in [2.24, 2.45) is 0 Å². The van der Waals surface area contributed by atoms with Crippen molar-refractivity contribution in [3.05, 3.63) is 70.4 Å². The highest BCUT2D eigenvalue weighted by Crippen LogP contribution is 2.25. The molecule has 0 amide bonds. The molecule has 0 atom stereocenters. The summed E-state index contributed by atoms with van der Waals surface area (Å²) in [5.74, 6) is -1.24. The molecule has 3 aromatic rings. The highest BCUT2D eigenvalue weighted by Gasteiger charge is 2.13. The van der Waals surface area contributed by atoms with Crippen LogP contribution in [0.5, 0.6) is 0 Å². The van der Waals surface area contributed by atoms with E-state index in [2.05, 4.69) is 0 Å². The molecule has 0 saturated carbocycles. The molecule has 3 rings (SSSR count). The number of rotatable bonds is 3. The summed E-state index contributed by atoms with van der Waals surface area (Å²) in [4.78, 5) is 11.1. The number of nitrogens with zero attached hydrogens (tertiary/aromatic N) is 1. The predicted octanol–water partition coefficient (Wildman–Crippen LogP) is 4.43. The normalized spacial score (nSPS) is 11.0. The molecule has 0 unspecified atom stereocenters. The molecule has 2 nitrogen and oxygen atoms in total. The zero-order valence-electron chi connectivity index (χ0n) is 10.8. The number of benzene rings is 2. The second-order valence-corrected chi connectivity index (χ2v) is 5.13. The van der Waals surface area contributed by atoms with Crippen molar-refractivity contribution in [2.75, 3.05) is 0 Å². The number of carbonyl (C=O) groups excluding carboxylic acids is 1. The molecular weight excluding hydrogens is 296 g/mol. The molecule has 0 fully saturated rings. The van der Waals surface area contributed by atoms with Crippen LogP contribution in [0.3, 0.4) is 0 Å². The van der Waals surface area contributed by atoms with Gasteiger partial charge in [-0.05, 0) is 24.3 Å². The van der Waals surface area contributed by atoms with Crippen molar-refractivity contribution >= 4 is 28.8 Å². The molecule has 106 valence electrons. The van der Waals surface area contributed by atoms with Gasteiger partial charge in [0.25, 0.3) is 0 Å². The molecule has 0 radical (unpaired) electrons. The van der Waals surface area contributed by atoms with Gasteiger partial charge < -0.3 is 4.57 Å². The maximum absolute atomic E-state index is 13.8. The first-order valence-corrected chi connectivity index (χ1v) is 6.64. The summed E-state index contributed by atoms with van der Waals surface area (Å²) >= 11 is 5.96. The Hall–Kier alpha value is -2.20. The monoisotopic (exact) mass is 305 g/mol. The van der Waals surface area contributed by atoms with Gasteiger partial charge in [0.2, 0.25) is 0 Å². The van der Waals surface area contributed by atoms with E-state index in [-0.39, 0.29) is 12.1 Å². The number of fused-ring (bicyclic) bond motifs is 1. The van der Waals surface area contributed by atoms with E-state index in [9.17, 15) is 13.6 Å². The van der Waals surface area contributed by atoms with Crippen molar-refractivity contribution in [2.45, 2.75) is 6.54 Å². The highest BCUT2D eigenvalue weighted by molar-refractivity contribution is 6.31. The standard InChI is InChI=1S/C16H10ClF2NO/c17-11-4-5-12-10(9-21)7-20(16(12)6-11)8-13-14(18)2-1-3-15(13)19/h1-7,9H,8H2. The summed E-state index contributed by atoms with van der Waals surface area (Å²) in [6, 6.07) is 8.79. The largest absolute Gasteiger partial charge is 0.342 e.